The van der Waals surface area contributed by atoms with Gasteiger partial charge in [-0.1, -0.05) is 55.0 Å². The largest absolute Gasteiger partial charge is 0.481 e. The number of anilines is 2. The number of benzene rings is 3. The summed E-state index contributed by atoms with van der Waals surface area (Å²) in [5.41, 5.74) is 5.23. The lowest BCUT2D eigenvalue weighted by Gasteiger charge is -2.35. The Bertz CT molecular complexity index is 1230. The smallest absolute Gasteiger partial charge is 0.323 e. The van der Waals surface area contributed by atoms with Crippen LogP contribution in [0.15, 0.2) is 66.7 Å². The normalized spacial score (nSPS) is 17.1. The molecule has 0 aromatic heterocycles. The van der Waals surface area contributed by atoms with Crippen molar-refractivity contribution in [1.29, 1.82) is 0 Å². The molecule has 0 radical (unpaired) electrons. The number of carbonyl (C=O) groups is 3. The van der Waals surface area contributed by atoms with E-state index >= 15 is 0 Å². The number of nitrogens with one attached hydrogen (secondary N) is 2. The number of carboxylic acid groups (broad SMARTS) is 1. The van der Waals surface area contributed by atoms with Gasteiger partial charge in [0.25, 0.3) is 0 Å². The van der Waals surface area contributed by atoms with Crippen LogP contribution in [0.3, 0.4) is 0 Å². The fraction of sp³-hybridized carbons (Fsp3) is 0.250. The highest BCUT2D eigenvalue weighted by Crippen LogP contribution is 2.42. The Morgan fingerprint density at radius 2 is 1.50 bits per heavy atom. The second kappa shape index (κ2) is 9.51. The minimum absolute atomic E-state index is 0.0654. The summed E-state index contributed by atoms with van der Waals surface area (Å²) in [6.45, 7) is 3.88. The summed E-state index contributed by atoms with van der Waals surface area (Å²) in [6.07, 6.45) is 1.61. The molecule has 3 aromatic rings. The molecule has 6 nitrogen and oxygen atoms in total. The molecule has 4 rings (SSSR count). The lowest BCUT2D eigenvalue weighted by Crippen LogP contribution is -2.37. The van der Waals surface area contributed by atoms with Crippen LogP contribution >= 0.6 is 0 Å². The molecular formula is C28H28N2O4. The van der Waals surface area contributed by atoms with E-state index < -0.39 is 11.4 Å². The minimum Gasteiger partial charge on any atom is -0.481 e. The number of carboxylic acids is 1. The third-order valence-corrected chi connectivity index (χ3v) is 6.66. The van der Waals surface area contributed by atoms with Crippen LogP contribution in [0.1, 0.15) is 47.7 Å². The van der Waals surface area contributed by atoms with Crippen molar-refractivity contribution < 1.29 is 19.5 Å². The first-order valence-corrected chi connectivity index (χ1v) is 11.4. The monoisotopic (exact) mass is 456 g/mol. The number of Topliss-reactive ketones (excluding diaryl/α,β-unsaturated/α-hetero) is 1. The summed E-state index contributed by atoms with van der Waals surface area (Å²) in [5, 5.41) is 14.9. The van der Waals surface area contributed by atoms with E-state index in [9.17, 15) is 19.5 Å². The molecule has 1 unspecified atom stereocenters. The van der Waals surface area contributed by atoms with E-state index in [1.807, 2.05) is 80.6 Å². The fourth-order valence-corrected chi connectivity index (χ4v) is 4.57. The molecule has 0 fully saturated rings. The van der Waals surface area contributed by atoms with Gasteiger partial charge in [-0.05, 0) is 67.1 Å². The van der Waals surface area contributed by atoms with Crippen molar-refractivity contribution in [2.45, 2.75) is 39.5 Å². The van der Waals surface area contributed by atoms with Gasteiger partial charge in [-0.25, -0.2) is 4.79 Å². The van der Waals surface area contributed by atoms with Crippen LogP contribution in [0.5, 0.6) is 0 Å². The SMILES string of the molecule is CCC1(CC(=O)O)CCc2cc(-c3ccc(NC(=O)Nc4ccc(C)cc4)cc3)ccc2C1=O. The van der Waals surface area contributed by atoms with Crippen LogP contribution in [-0.2, 0) is 11.2 Å². The quantitative estimate of drug-likeness (QED) is 0.405. The van der Waals surface area contributed by atoms with Crippen molar-refractivity contribution >= 4 is 29.2 Å². The van der Waals surface area contributed by atoms with E-state index in [1.165, 1.54) is 0 Å². The third-order valence-electron chi connectivity index (χ3n) is 6.66. The predicted molar refractivity (Wildman–Crippen MR) is 133 cm³/mol. The Kier molecular flexibility index (Phi) is 6.50. The molecule has 6 heteroatoms. The van der Waals surface area contributed by atoms with Gasteiger partial charge in [-0.3, -0.25) is 9.59 Å². The number of aryl methyl sites for hydroxylation is 2. The van der Waals surface area contributed by atoms with Gasteiger partial charge in [0.2, 0.25) is 0 Å². The van der Waals surface area contributed by atoms with Crippen LogP contribution < -0.4 is 10.6 Å². The number of amides is 2. The number of hydrogen-bond acceptors (Lipinski definition) is 3. The van der Waals surface area contributed by atoms with Gasteiger partial charge in [0.15, 0.2) is 5.78 Å². The highest BCUT2D eigenvalue weighted by molar-refractivity contribution is 6.04. The lowest BCUT2D eigenvalue weighted by molar-refractivity contribution is -0.139. The summed E-state index contributed by atoms with van der Waals surface area (Å²) in [5.74, 6) is -0.999. The molecule has 174 valence electrons. The van der Waals surface area contributed by atoms with Crippen molar-refractivity contribution in [3.63, 3.8) is 0 Å². The van der Waals surface area contributed by atoms with Gasteiger partial charge in [-0.2, -0.15) is 0 Å². The third kappa shape index (κ3) is 4.86. The Labute approximate surface area is 199 Å². The first-order chi connectivity index (χ1) is 16.3. The minimum atomic E-state index is -0.934. The Morgan fingerprint density at radius 3 is 2.09 bits per heavy atom. The zero-order valence-corrected chi connectivity index (χ0v) is 19.4. The molecule has 0 heterocycles. The highest BCUT2D eigenvalue weighted by atomic mass is 16.4. The van der Waals surface area contributed by atoms with Gasteiger partial charge in [0.1, 0.15) is 0 Å². The molecule has 0 saturated heterocycles. The summed E-state index contributed by atoms with van der Waals surface area (Å²) in [4.78, 5) is 36.7. The molecule has 3 aromatic carbocycles. The molecule has 0 bridgehead atoms. The van der Waals surface area contributed by atoms with E-state index in [0.29, 0.717) is 30.5 Å². The summed E-state index contributed by atoms with van der Waals surface area (Å²) in [6, 6.07) is 20.5. The molecule has 1 atom stereocenters. The maximum absolute atomic E-state index is 13.1. The molecule has 0 spiro atoms. The maximum Gasteiger partial charge on any atom is 0.323 e. The van der Waals surface area contributed by atoms with E-state index in [-0.39, 0.29) is 18.2 Å². The van der Waals surface area contributed by atoms with Crippen LogP contribution in [0, 0.1) is 12.3 Å². The summed E-state index contributed by atoms with van der Waals surface area (Å²) >= 11 is 0. The molecule has 3 N–H and O–H groups in total. The molecule has 2 amide bonds. The molecule has 34 heavy (non-hydrogen) atoms. The second-order valence-electron chi connectivity index (χ2n) is 8.93. The second-order valence-corrected chi connectivity index (χ2v) is 8.93. The predicted octanol–water partition coefficient (Wildman–Crippen LogP) is 6.31. The number of fused-ring (bicyclic) bond motifs is 1. The van der Waals surface area contributed by atoms with Crippen LogP contribution in [-0.4, -0.2) is 22.9 Å². The van der Waals surface area contributed by atoms with Gasteiger partial charge >= 0.3 is 12.0 Å². The topological polar surface area (TPSA) is 95.5 Å². The zero-order chi connectivity index (χ0) is 24.3. The lowest BCUT2D eigenvalue weighted by atomic mass is 9.67. The Hall–Kier alpha value is -3.93. The average molecular weight is 457 g/mol. The average Bonchev–Trinajstić information content (AvgIpc) is 2.82. The number of aliphatic carboxylic acids is 1. The highest BCUT2D eigenvalue weighted by Gasteiger charge is 2.42. The van der Waals surface area contributed by atoms with E-state index in [4.69, 9.17) is 0 Å². The molecule has 0 saturated carbocycles. The maximum atomic E-state index is 13.1. The molecule has 1 aliphatic carbocycles. The standard InChI is InChI=1S/C28H28N2O4/c1-3-28(17-25(31)32)15-14-21-16-20(8-13-24(21)26(28)33)19-6-11-23(12-7-19)30-27(34)29-22-9-4-18(2)5-10-22/h4-13,16H,3,14-15,17H2,1-2H3,(H,31,32)(H2,29,30,34). The molecular weight excluding hydrogens is 428 g/mol. The van der Waals surface area contributed by atoms with Crippen molar-refractivity contribution in [2.75, 3.05) is 10.6 Å². The number of hydrogen-bond donors (Lipinski definition) is 3. The van der Waals surface area contributed by atoms with Crippen molar-refractivity contribution in [3.05, 3.63) is 83.4 Å². The number of carbonyl (C=O) groups excluding carboxylic acids is 2. The number of ketones is 1. The van der Waals surface area contributed by atoms with Crippen LogP contribution in [0.4, 0.5) is 16.2 Å². The van der Waals surface area contributed by atoms with Gasteiger partial charge in [0.05, 0.1) is 6.42 Å². The first-order valence-electron chi connectivity index (χ1n) is 11.4. The summed E-state index contributed by atoms with van der Waals surface area (Å²) in [7, 11) is 0. The van der Waals surface area contributed by atoms with E-state index in [1.54, 1.807) is 0 Å². The molecule has 0 aliphatic heterocycles. The Morgan fingerprint density at radius 1 is 0.912 bits per heavy atom. The van der Waals surface area contributed by atoms with Crippen LogP contribution in [0.25, 0.3) is 11.1 Å². The van der Waals surface area contributed by atoms with Gasteiger partial charge in [-0.15, -0.1) is 0 Å². The van der Waals surface area contributed by atoms with Crippen molar-refractivity contribution in [2.24, 2.45) is 5.41 Å². The summed E-state index contributed by atoms with van der Waals surface area (Å²) < 4.78 is 0. The van der Waals surface area contributed by atoms with Gasteiger partial charge < -0.3 is 15.7 Å². The first kappa shape index (κ1) is 23.2. The Balaban J connectivity index is 1.46. The van der Waals surface area contributed by atoms with Gasteiger partial charge in [0, 0.05) is 22.4 Å². The zero-order valence-electron chi connectivity index (χ0n) is 19.4. The van der Waals surface area contributed by atoms with E-state index in [0.717, 1.165) is 27.9 Å². The number of rotatable bonds is 6. The number of urea groups is 1. The van der Waals surface area contributed by atoms with E-state index in [2.05, 4.69) is 10.6 Å². The van der Waals surface area contributed by atoms with Crippen molar-refractivity contribution in [1.82, 2.24) is 0 Å². The molecule has 1 aliphatic rings. The van der Waals surface area contributed by atoms with Crippen molar-refractivity contribution in [3.8, 4) is 11.1 Å². The fourth-order valence-electron chi connectivity index (χ4n) is 4.57. The van der Waals surface area contributed by atoms with Crippen LogP contribution in [0.2, 0.25) is 0 Å².